The van der Waals surface area contributed by atoms with Crippen molar-refractivity contribution >= 4 is 24.3 Å². The average Bonchev–Trinajstić information content (AvgIpc) is 2.76. The largest absolute Gasteiger partial charge is 0.0616 e. The smallest absolute Gasteiger partial charge is 0.0105 e. The van der Waals surface area contributed by atoms with Gasteiger partial charge in [-0.05, 0) is 44.5 Å². The third kappa shape index (κ3) is 3.00. The molecular weight excluding hydrogens is 336 g/mol. The molecule has 0 nitrogen and oxygen atoms in total. The van der Waals surface area contributed by atoms with Gasteiger partial charge in [-0.1, -0.05) is 121 Å². The third-order valence-corrected chi connectivity index (χ3v) is 5.31. The van der Waals surface area contributed by atoms with Gasteiger partial charge in [0.05, 0.1) is 0 Å². The summed E-state index contributed by atoms with van der Waals surface area (Å²) in [7, 11) is 0. The van der Waals surface area contributed by atoms with Crippen LogP contribution >= 0.6 is 0 Å². The molecule has 28 heavy (non-hydrogen) atoms. The van der Waals surface area contributed by atoms with E-state index in [-0.39, 0.29) is 0 Å². The van der Waals surface area contributed by atoms with Gasteiger partial charge in [0.15, 0.2) is 0 Å². The topological polar surface area (TPSA) is 0 Å². The summed E-state index contributed by atoms with van der Waals surface area (Å²) in [6, 6.07) is 34.5. The molecule has 0 aliphatic heterocycles. The lowest BCUT2D eigenvalue weighted by Crippen LogP contribution is -1.90. The van der Waals surface area contributed by atoms with Gasteiger partial charge in [-0.25, -0.2) is 0 Å². The summed E-state index contributed by atoms with van der Waals surface area (Å²) in [5.41, 5.74) is 9.93. The monoisotopic (exact) mass is 356 g/mol. The maximum absolute atomic E-state index is 2.24. The second-order valence-corrected chi connectivity index (χ2v) is 7.02. The first kappa shape index (κ1) is 16.5. The minimum atomic E-state index is 1.23. The highest BCUT2D eigenvalue weighted by molar-refractivity contribution is 5.92. The minimum Gasteiger partial charge on any atom is -0.0616 e. The Morgan fingerprint density at radius 2 is 0.464 bits per heavy atom. The summed E-state index contributed by atoms with van der Waals surface area (Å²) in [4.78, 5) is 0. The molecule has 0 aromatic heterocycles. The van der Waals surface area contributed by atoms with Gasteiger partial charge < -0.3 is 0 Å². The number of hydrogen-bond acceptors (Lipinski definition) is 0. The third-order valence-electron chi connectivity index (χ3n) is 5.31. The van der Waals surface area contributed by atoms with Gasteiger partial charge in [0.1, 0.15) is 0 Å². The van der Waals surface area contributed by atoms with E-state index in [0.29, 0.717) is 0 Å². The number of hydrogen-bond donors (Lipinski definition) is 0. The summed E-state index contributed by atoms with van der Waals surface area (Å²) in [6.07, 6.45) is 8.94. The molecule has 4 aromatic rings. The molecule has 0 heterocycles. The van der Waals surface area contributed by atoms with Gasteiger partial charge in [0.25, 0.3) is 0 Å². The lowest BCUT2D eigenvalue weighted by Gasteiger charge is -2.13. The Morgan fingerprint density at radius 1 is 0.250 bits per heavy atom. The molecule has 0 saturated carbocycles. The first-order valence-corrected chi connectivity index (χ1v) is 9.63. The first-order valence-electron chi connectivity index (χ1n) is 9.63. The molecule has 0 saturated heterocycles. The van der Waals surface area contributed by atoms with E-state index in [2.05, 4.69) is 121 Å². The van der Waals surface area contributed by atoms with Crippen LogP contribution in [-0.4, -0.2) is 0 Å². The molecule has 132 valence electrons. The number of benzene rings is 4. The molecule has 0 bridgehead atoms. The Balaban J connectivity index is 1.83. The summed E-state index contributed by atoms with van der Waals surface area (Å²) < 4.78 is 0. The molecule has 5 rings (SSSR count). The lowest BCUT2D eigenvalue weighted by atomic mass is 9.91. The van der Waals surface area contributed by atoms with Gasteiger partial charge in [0, 0.05) is 0 Å². The van der Waals surface area contributed by atoms with Crippen molar-refractivity contribution in [3.05, 3.63) is 119 Å². The van der Waals surface area contributed by atoms with E-state index < -0.39 is 0 Å². The molecule has 0 spiro atoms. The Hall–Kier alpha value is -3.64. The summed E-state index contributed by atoms with van der Waals surface area (Å²) in [5, 5.41) is 0. The maximum Gasteiger partial charge on any atom is -0.0105 e. The van der Waals surface area contributed by atoms with Crippen molar-refractivity contribution in [2.45, 2.75) is 0 Å². The molecule has 0 fully saturated rings. The predicted octanol–water partition coefficient (Wildman–Crippen LogP) is 7.67. The molecule has 0 unspecified atom stereocenters. The van der Waals surface area contributed by atoms with Crippen molar-refractivity contribution in [3.63, 3.8) is 0 Å². The van der Waals surface area contributed by atoms with Gasteiger partial charge >= 0.3 is 0 Å². The van der Waals surface area contributed by atoms with Crippen molar-refractivity contribution in [1.29, 1.82) is 0 Å². The Bertz CT molecular complexity index is 1020. The Kier molecular flexibility index (Phi) is 4.23. The van der Waals surface area contributed by atoms with Crippen LogP contribution in [-0.2, 0) is 0 Å². The molecule has 0 N–H and O–H groups in total. The van der Waals surface area contributed by atoms with Crippen LogP contribution in [0, 0.1) is 0 Å². The van der Waals surface area contributed by atoms with E-state index in [1.165, 1.54) is 44.5 Å². The van der Waals surface area contributed by atoms with Crippen LogP contribution in [0.1, 0.15) is 22.3 Å². The predicted molar refractivity (Wildman–Crippen MR) is 122 cm³/mol. The van der Waals surface area contributed by atoms with E-state index in [1.807, 2.05) is 0 Å². The van der Waals surface area contributed by atoms with Crippen molar-refractivity contribution in [2.75, 3.05) is 0 Å². The molecule has 0 radical (unpaired) electrons. The quantitative estimate of drug-likeness (QED) is 0.267. The van der Waals surface area contributed by atoms with Gasteiger partial charge in [-0.2, -0.15) is 0 Å². The minimum absolute atomic E-state index is 1.23. The van der Waals surface area contributed by atoms with Crippen LogP contribution in [0.2, 0.25) is 0 Å². The van der Waals surface area contributed by atoms with Crippen molar-refractivity contribution in [1.82, 2.24) is 0 Å². The summed E-state index contributed by atoms with van der Waals surface area (Å²) in [5.74, 6) is 0. The first-order chi connectivity index (χ1) is 13.9. The van der Waals surface area contributed by atoms with E-state index in [9.17, 15) is 0 Å². The highest BCUT2D eigenvalue weighted by Crippen LogP contribution is 2.34. The highest BCUT2D eigenvalue weighted by atomic mass is 14.1. The molecular formula is C28H20. The maximum atomic E-state index is 2.24. The van der Waals surface area contributed by atoms with Gasteiger partial charge in [-0.3, -0.25) is 0 Å². The molecule has 0 amide bonds. The SMILES string of the molecule is C1=C/c2ccccc2-c2ccccc2/C=C/c2ccccc2-c2ccccc2/1. The molecule has 0 heteroatoms. The highest BCUT2D eigenvalue weighted by Gasteiger charge is 2.10. The zero-order valence-electron chi connectivity index (χ0n) is 15.5. The molecule has 1 aliphatic rings. The fourth-order valence-electron chi connectivity index (χ4n) is 3.91. The second kappa shape index (κ2) is 7.17. The average molecular weight is 356 g/mol. The van der Waals surface area contributed by atoms with Gasteiger partial charge in [-0.15, -0.1) is 0 Å². The molecule has 0 atom stereocenters. The zero-order valence-corrected chi connectivity index (χ0v) is 15.5. The molecule has 4 aromatic carbocycles. The lowest BCUT2D eigenvalue weighted by molar-refractivity contribution is 1.55. The van der Waals surface area contributed by atoms with Crippen LogP contribution in [0.25, 0.3) is 46.6 Å². The van der Waals surface area contributed by atoms with Crippen LogP contribution < -0.4 is 0 Å². The van der Waals surface area contributed by atoms with Crippen LogP contribution in [0.3, 0.4) is 0 Å². The van der Waals surface area contributed by atoms with E-state index in [0.717, 1.165) is 0 Å². The van der Waals surface area contributed by atoms with Crippen LogP contribution in [0.4, 0.5) is 0 Å². The summed E-state index contributed by atoms with van der Waals surface area (Å²) in [6.45, 7) is 0. The number of fused-ring (bicyclic) bond motifs is 6. The van der Waals surface area contributed by atoms with E-state index in [1.54, 1.807) is 0 Å². The van der Waals surface area contributed by atoms with Crippen LogP contribution in [0.5, 0.6) is 0 Å². The normalized spacial score (nSPS) is 14.3. The van der Waals surface area contributed by atoms with Crippen molar-refractivity contribution in [3.8, 4) is 22.3 Å². The fraction of sp³-hybridized carbons (Fsp3) is 0. The van der Waals surface area contributed by atoms with Crippen molar-refractivity contribution < 1.29 is 0 Å². The molecule has 1 aliphatic carbocycles. The Morgan fingerprint density at radius 3 is 0.714 bits per heavy atom. The van der Waals surface area contributed by atoms with Gasteiger partial charge in [0.2, 0.25) is 0 Å². The summed E-state index contributed by atoms with van der Waals surface area (Å²) >= 11 is 0. The standard InChI is InChI=1S/C28H20/c1-5-13-25-21(9-1)17-18-22-10-3-7-15-27(22)28-16-8-4-12-24(28)20-19-23-11-2-6-14-26(23)25/h1-20H/b18-17+,20-19+,21-17?,22-18?,23-19?,24-20?,26-25?,28-27?. The van der Waals surface area contributed by atoms with Crippen LogP contribution in [0.15, 0.2) is 97.1 Å². The van der Waals surface area contributed by atoms with E-state index >= 15 is 0 Å². The zero-order chi connectivity index (χ0) is 18.8. The fourth-order valence-corrected chi connectivity index (χ4v) is 3.91. The Labute approximate surface area is 166 Å². The van der Waals surface area contributed by atoms with Crippen molar-refractivity contribution in [2.24, 2.45) is 0 Å². The van der Waals surface area contributed by atoms with E-state index in [4.69, 9.17) is 0 Å². The number of rotatable bonds is 0. The second-order valence-electron chi connectivity index (χ2n) is 7.02.